The van der Waals surface area contributed by atoms with E-state index in [2.05, 4.69) is 5.32 Å². The summed E-state index contributed by atoms with van der Waals surface area (Å²) in [5, 5.41) is 2.74. The third-order valence-electron chi connectivity index (χ3n) is 3.82. The van der Waals surface area contributed by atoms with Gasteiger partial charge in [0.15, 0.2) is 17.3 Å². The van der Waals surface area contributed by atoms with Crippen molar-refractivity contribution in [3.8, 4) is 11.5 Å². The summed E-state index contributed by atoms with van der Waals surface area (Å²) in [6, 6.07) is 15.1. The van der Waals surface area contributed by atoms with E-state index in [0.29, 0.717) is 29.4 Å². The fourth-order valence-electron chi connectivity index (χ4n) is 2.44. The number of amides is 1. The van der Waals surface area contributed by atoms with Crippen molar-refractivity contribution in [1.29, 1.82) is 0 Å². The Balaban J connectivity index is 1.79. The summed E-state index contributed by atoms with van der Waals surface area (Å²) in [4.78, 5) is 24.7. The summed E-state index contributed by atoms with van der Waals surface area (Å²) in [6.45, 7) is 4.14. The molecule has 6 heteroatoms. The topological polar surface area (TPSA) is 77.8 Å². The van der Waals surface area contributed by atoms with Crippen molar-refractivity contribution in [1.82, 2.24) is 0 Å². The number of anilines is 1. The minimum absolute atomic E-state index is 0.188. The number of rotatable bonds is 6. The molecule has 1 aromatic heterocycles. The zero-order valence-electron chi connectivity index (χ0n) is 15.0. The molecule has 0 unspecified atom stereocenters. The summed E-state index contributed by atoms with van der Waals surface area (Å²) in [6.07, 6.45) is 1.42. The molecule has 0 fully saturated rings. The summed E-state index contributed by atoms with van der Waals surface area (Å²) in [5.41, 5.74) is 1.62. The summed E-state index contributed by atoms with van der Waals surface area (Å²) in [5.74, 6) is 0.0804. The third-order valence-corrected chi connectivity index (χ3v) is 3.82. The minimum Gasteiger partial charge on any atom is -0.490 e. The lowest BCUT2D eigenvalue weighted by atomic mass is 10.1. The Bertz CT molecular complexity index is 947. The molecule has 2 aromatic carbocycles. The van der Waals surface area contributed by atoms with Crippen LogP contribution in [0.3, 0.4) is 0 Å². The number of benzene rings is 2. The van der Waals surface area contributed by atoms with Crippen LogP contribution in [0.25, 0.3) is 0 Å². The molecule has 3 rings (SSSR count). The van der Waals surface area contributed by atoms with E-state index < -0.39 is 11.9 Å². The highest BCUT2D eigenvalue weighted by molar-refractivity contribution is 6.03. The molecule has 0 aliphatic rings. The van der Waals surface area contributed by atoms with Gasteiger partial charge in [-0.2, -0.15) is 0 Å². The molecular formula is C21H19NO5. The SMILES string of the molecule is CCOc1ccccc1OC(=O)c1ccc(C)c(NC(=O)c2ccco2)c1. The van der Waals surface area contributed by atoms with E-state index in [1.54, 1.807) is 54.6 Å². The second-order valence-corrected chi connectivity index (χ2v) is 5.73. The maximum absolute atomic E-state index is 12.5. The summed E-state index contributed by atoms with van der Waals surface area (Å²) >= 11 is 0. The Kier molecular flexibility index (Phi) is 5.56. The van der Waals surface area contributed by atoms with Crippen molar-refractivity contribution in [2.75, 3.05) is 11.9 Å². The molecule has 3 aromatic rings. The van der Waals surface area contributed by atoms with Crippen LogP contribution < -0.4 is 14.8 Å². The average Bonchev–Trinajstić information content (AvgIpc) is 3.20. The van der Waals surface area contributed by atoms with Gasteiger partial charge in [0.2, 0.25) is 0 Å². The number of carbonyl (C=O) groups excluding carboxylic acids is 2. The molecule has 0 aliphatic carbocycles. The number of hydrogen-bond donors (Lipinski definition) is 1. The Labute approximate surface area is 156 Å². The van der Waals surface area contributed by atoms with E-state index in [1.807, 2.05) is 13.8 Å². The van der Waals surface area contributed by atoms with Gasteiger partial charge in [-0.15, -0.1) is 0 Å². The van der Waals surface area contributed by atoms with Gasteiger partial charge in [0, 0.05) is 5.69 Å². The van der Waals surface area contributed by atoms with Gasteiger partial charge in [-0.3, -0.25) is 4.79 Å². The van der Waals surface area contributed by atoms with E-state index in [0.717, 1.165) is 5.56 Å². The highest BCUT2D eigenvalue weighted by Gasteiger charge is 2.15. The molecule has 0 aliphatic heterocycles. The van der Waals surface area contributed by atoms with Gasteiger partial charge in [-0.05, 0) is 55.8 Å². The van der Waals surface area contributed by atoms with Gasteiger partial charge in [0.1, 0.15) is 0 Å². The first kappa shape index (κ1) is 18.3. The summed E-state index contributed by atoms with van der Waals surface area (Å²) < 4.78 is 16.0. The second kappa shape index (κ2) is 8.23. The van der Waals surface area contributed by atoms with Crippen molar-refractivity contribution in [2.24, 2.45) is 0 Å². The smallest absolute Gasteiger partial charge is 0.343 e. The van der Waals surface area contributed by atoms with E-state index in [-0.39, 0.29) is 5.76 Å². The quantitative estimate of drug-likeness (QED) is 0.515. The van der Waals surface area contributed by atoms with Crippen molar-refractivity contribution >= 4 is 17.6 Å². The van der Waals surface area contributed by atoms with E-state index in [4.69, 9.17) is 13.9 Å². The monoisotopic (exact) mass is 365 g/mol. The fraction of sp³-hybridized carbons (Fsp3) is 0.143. The summed E-state index contributed by atoms with van der Waals surface area (Å²) in [7, 11) is 0. The third kappa shape index (κ3) is 4.36. The molecule has 0 saturated carbocycles. The highest BCUT2D eigenvalue weighted by atomic mass is 16.6. The largest absolute Gasteiger partial charge is 0.490 e. The van der Waals surface area contributed by atoms with Crippen LogP contribution in [0.1, 0.15) is 33.4 Å². The first-order chi connectivity index (χ1) is 13.1. The van der Waals surface area contributed by atoms with Gasteiger partial charge in [0.25, 0.3) is 5.91 Å². The average molecular weight is 365 g/mol. The van der Waals surface area contributed by atoms with Crippen LogP contribution in [-0.4, -0.2) is 18.5 Å². The number of ether oxygens (including phenoxy) is 2. The molecule has 1 N–H and O–H groups in total. The molecule has 27 heavy (non-hydrogen) atoms. The normalized spacial score (nSPS) is 10.3. The van der Waals surface area contributed by atoms with Crippen LogP contribution in [-0.2, 0) is 0 Å². The molecule has 1 amide bonds. The molecule has 0 bridgehead atoms. The predicted octanol–water partition coefficient (Wildman–Crippen LogP) is 4.46. The van der Waals surface area contributed by atoms with E-state index >= 15 is 0 Å². The number of hydrogen-bond acceptors (Lipinski definition) is 5. The van der Waals surface area contributed by atoms with Crippen LogP contribution in [0.4, 0.5) is 5.69 Å². The lowest BCUT2D eigenvalue weighted by molar-refractivity contribution is 0.0728. The second-order valence-electron chi connectivity index (χ2n) is 5.73. The maximum atomic E-state index is 12.5. The maximum Gasteiger partial charge on any atom is 0.343 e. The predicted molar refractivity (Wildman–Crippen MR) is 100 cm³/mol. The van der Waals surface area contributed by atoms with Crippen molar-refractivity contribution < 1.29 is 23.5 Å². The minimum atomic E-state index is -0.546. The van der Waals surface area contributed by atoms with Gasteiger partial charge in [-0.25, -0.2) is 4.79 Å². The first-order valence-electron chi connectivity index (χ1n) is 8.48. The van der Waals surface area contributed by atoms with Crippen LogP contribution >= 0.6 is 0 Å². The zero-order chi connectivity index (χ0) is 19.2. The van der Waals surface area contributed by atoms with Crippen LogP contribution in [0.5, 0.6) is 11.5 Å². The van der Waals surface area contributed by atoms with Gasteiger partial charge in [-0.1, -0.05) is 18.2 Å². The number of aryl methyl sites for hydroxylation is 1. The Morgan fingerprint density at radius 1 is 1.04 bits per heavy atom. The van der Waals surface area contributed by atoms with Crippen LogP contribution in [0.2, 0.25) is 0 Å². The first-order valence-corrected chi connectivity index (χ1v) is 8.48. The Hall–Kier alpha value is -3.54. The Morgan fingerprint density at radius 2 is 1.81 bits per heavy atom. The zero-order valence-corrected chi connectivity index (χ0v) is 15.0. The van der Waals surface area contributed by atoms with Crippen molar-refractivity contribution in [3.05, 3.63) is 77.7 Å². The van der Waals surface area contributed by atoms with Gasteiger partial charge >= 0.3 is 5.97 Å². The molecule has 0 radical (unpaired) electrons. The van der Waals surface area contributed by atoms with Crippen molar-refractivity contribution in [3.63, 3.8) is 0 Å². The molecule has 6 nitrogen and oxygen atoms in total. The number of nitrogens with one attached hydrogen (secondary N) is 1. The number of carbonyl (C=O) groups is 2. The molecule has 0 spiro atoms. The number of para-hydroxylation sites is 2. The van der Waals surface area contributed by atoms with Crippen LogP contribution in [0, 0.1) is 6.92 Å². The lowest BCUT2D eigenvalue weighted by Crippen LogP contribution is -2.14. The standard InChI is InChI=1S/C21H19NO5/c1-3-25-17-7-4-5-8-18(17)27-21(24)15-11-10-14(2)16(13-15)22-20(23)19-9-6-12-26-19/h4-13H,3H2,1-2H3,(H,22,23). The number of esters is 1. The molecule has 0 saturated heterocycles. The number of furan rings is 1. The Morgan fingerprint density at radius 3 is 2.52 bits per heavy atom. The van der Waals surface area contributed by atoms with Crippen LogP contribution in [0.15, 0.2) is 65.3 Å². The van der Waals surface area contributed by atoms with E-state index in [9.17, 15) is 9.59 Å². The molecular weight excluding hydrogens is 346 g/mol. The lowest BCUT2D eigenvalue weighted by Gasteiger charge is -2.12. The highest BCUT2D eigenvalue weighted by Crippen LogP contribution is 2.28. The molecule has 0 atom stereocenters. The van der Waals surface area contributed by atoms with Gasteiger partial charge in [0.05, 0.1) is 18.4 Å². The van der Waals surface area contributed by atoms with Crippen molar-refractivity contribution in [2.45, 2.75) is 13.8 Å². The van der Waals surface area contributed by atoms with Gasteiger partial charge < -0.3 is 19.2 Å². The van der Waals surface area contributed by atoms with E-state index in [1.165, 1.54) is 6.26 Å². The fourth-order valence-corrected chi connectivity index (χ4v) is 2.44. The molecule has 1 heterocycles. The molecule has 138 valence electrons.